The number of ether oxygens (including phenoxy) is 1. The van der Waals surface area contributed by atoms with Crippen LogP contribution in [0.15, 0.2) is 22.7 Å². The van der Waals surface area contributed by atoms with Crippen molar-refractivity contribution in [3.8, 4) is 0 Å². The second-order valence-corrected chi connectivity index (χ2v) is 4.29. The highest BCUT2D eigenvalue weighted by Crippen LogP contribution is 2.33. The van der Waals surface area contributed by atoms with Gasteiger partial charge in [-0.2, -0.15) is 0 Å². The fraction of sp³-hybridized carbons (Fsp3) is 0.400. The summed E-state index contributed by atoms with van der Waals surface area (Å²) in [4.78, 5) is 0. The summed E-state index contributed by atoms with van der Waals surface area (Å²) in [7, 11) is 0. The first-order valence-electron chi connectivity index (χ1n) is 4.19. The molecule has 70 valence electrons. The van der Waals surface area contributed by atoms with E-state index in [1.54, 1.807) is 0 Å². The highest BCUT2D eigenvalue weighted by molar-refractivity contribution is 9.10. The molecule has 0 unspecified atom stereocenters. The van der Waals surface area contributed by atoms with Crippen LogP contribution in [0, 0.1) is 6.92 Å². The smallest absolute Gasteiger partial charge is 0.136 e. The predicted octanol–water partition coefficient (Wildman–Crippen LogP) is 1.98. The topological polar surface area (TPSA) is 29.5 Å². The largest absolute Gasteiger partial charge is 0.380 e. The predicted molar refractivity (Wildman–Crippen MR) is 53.6 cm³/mol. The first kappa shape index (κ1) is 9.19. The lowest BCUT2D eigenvalue weighted by atomic mass is 9.89. The standard InChI is InChI=1S/C10H11BrO2/c1-7-8(3-2-4-9(7)11)10(12)5-13-6-10/h2-4,12H,5-6H2,1H3. The Morgan fingerprint density at radius 2 is 2.15 bits per heavy atom. The molecule has 2 nitrogen and oxygen atoms in total. The van der Waals surface area contributed by atoms with Gasteiger partial charge in [0.1, 0.15) is 5.60 Å². The van der Waals surface area contributed by atoms with Crippen molar-refractivity contribution in [3.63, 3.8) is 0 Å². The zero-order valence-electron chi connectivity index (χ0n) is 7.38. The van der Waals surface area contributed by atoms with Gasteiger partial charge >= 0.3 is 0 Å². The van der Waals surface area contributed by atoms with Gasteiger partial charge in [-0.05, 0) is 24.1 Å². The maximum atomic E-state index is 10.0. The zero-order valence-corrected chi connectivity index (χ0v) is 8.97. The van der Waals surface area contributed by atoms with E-state index in [9.17, 15) is 5.11 Å². The lowest BCUT2D eigenvalue weighted by molar-refractivity contribution is -0.185. The molecule has 1 fully saturated rings. The van der Waals surface area contributed by atoms with Crippen molar-refractivity contribution in [1.82, 2.24) is 0 Å². The first-order valence-corrected chi connectivity index (χ1v) is 4.98. The van der Waals surface area contributed by atoms with E-state index in [2.05, 4.69) is 15.9 Å². The molecule has 0 spiro atoms. The van der Waals surface area contributed by atoms with Crippen LogP contribution < -0.4 is 0 Å². The Bertz CT molecular complexity index is 332. The van der Waals surface area contributed by atoms with E-state index in [0.717, 1.165) is 15.6 Å². The van der Waals surface area contributed by atoms with Crippen molar-refractivity contribution in [1.29, 1.82) is 0 Å². The lowest BCUT2D eigenvalue weighted by Crippen LogP contribution is -2.47. The second-order valence-electron chi connectivity index (χ2n) is 3.44. The van der Waals surface area contributed by atoms with Crippen molar-refractivity contribution in [2.45, 2.75) is 12.5 Å². The minimum absolute atomic E-state index is 0.407. The fourth-order valence-corrected chi connectivity index (χ4v) is 1.93. The van der Waals surface area contributed by atoms with Gasteiger partial charge in [-0.3, -0.25) is 0 Å². The zero-order chi connectivity index (χ0) is 9.47. The molecular weight excluding hydrogens is 232 g/mol. The van der Waals surface area contributed by atoms with Gasteiger partial charge in [-0.1, -0.05) is 28.1 Å². The molecule has 3 heteroatoms. The number of hydrogen-bond donors (Lipinski definition) is 1. The van der Waals surface area contributed by atoms with Crippen molar-refractivity contribution >= 4 is 15.9 Å². The molecule has 0 aromatic heterocycles. The molecule has 1 aliphatic rings. The molecule has 0 aliphatic carbocycles. The van der Waals surface area contributed by atoms with Crippen LogP contribution in [0.25, 0.3) is 0 Å². The number of halogens is 1. The average Bonchev–Trinajstić information content (AvgIpc) is 2.06. The molecule has 2 rings (SSSR count). The van der Waals surface area contributed by atoms with Gasteiger partial charge in [0.15, 0.2) is 0 Å². The van der Waals surface area contributed by atoms with Crippen LogP contribution >= 0.6 is 15.9 Å². The van der Waals surface area contributed by atoms with E-state index >= 15 is 0 Å². The fourth-order valence-electron chi connectivity index (χ4n) is 1.56. The minimum Gasteiger partial charge on any atom is -0.380 e. The van der Waals surface area contributed by atoms with E-state index in [4.69, 9.17) is 4.74 Å². The van der Waals surface area contributed by atoms with Crippen LogP contribution in [0.1, 0.15) is 11.1 Å². The van der Waals surface area contributed by atoms with Crippen LogP contribution in [0.4, 0.5) is 0 Å². The highest BCUT2D eigenvalue weighted by atomic mass is 79.9. The van der Waals surface area contributed by atoms with Gasteiger partial charge in [0, 0.05) is 4.47 Å². The summed E-state index contributed by atoms with van der Waals surface area (Å²) in [6.07, 6.45) is 0. The van der Waals surface area contributed by atoms with E-state index in [1.165, 1.54) is 0 Å². The molecule has 1 aliphatic heterocycles. The maximum absolute atomic E-state index is 10.0. The molecule has 1 aromatic carbocycles. The Labute approximate surface area is 85.7 Å². The molecule has 0 radical (unpaired) electrons. The van der Waals surface area contributed by atoms with Gasteiger partial charge in [-0.25, -0.2) is 0 Å². The van der Waals surface area contributed by atoms with E-state index in [1.807, 2.05) is 25.1 Å². The average molecular weight is 243 g/mol. The summed E-state index contributed by atoms with van der Waals surface area (Å²) in [6.45, 7) is 2.81. The van der Waals surface area contributed by atoms with Crippen LogP contribution in [-0.4, -0.2) is 18.3 Å². The molecule has 1 aromatic rings. The minimum atomic E-state index is -0.756. The van der Waals surface area contributed by atoms with E-state index in [-0.39, 0.29) is 0 Å². The molecule has 1 heterocycles. The summed E-state index contributed by atoms with van der Waals surface area (Å²) >= 11 is 3.44. The van der Waals surface area contributed by atoms with Gasteiger partial charge < -0.3 is 9.84 Å². The number of aliphatic hydroxyl groups is 1. The highest BCUT2D eigenvalue weighted by Gasteiger charge is 2.39. The molecule has 0 saturated carbocycles. The van der Waals surface area contributed by atoms with Crippen LogP contribution in [-0.2, 0) is 10.3 Å². The van der Waals surface area contributed by atoms with Crippen LogP contribution in [0.2, 0.25) is 0 Å². The number of rotatable bonds is 1. The van der Waals surface area contributed by atoms with Crippen molar-refractivity contribution in [3.05, 3.63) is 33.8 Å². The Hall–Kier alpha value is -0.380. The van der Waals surface area contributed by atoms with Gasteiger partial charge in [0.25, 0.3) is 0 Å². The summed E-state index contributed by atoms with van der Waals surface area (Å²) in [5.74, 6) is 0. The number of benzene rings is 1. The Morgan fingerprint density at radius 1 is 1.46 bits per heavy atom. The number of hydrogen-bond acceptors (Lipinski definition) is 2. The van der Waals surface area contributed by atoms with E-state index in [0.29, 0.717) is 13.2 Å². The first-order chi connectivity index (χ1) is 6.13. The third kappa shape index (κ3) is 1.41. The maximum Gasteiger partial charge on any atom is 0.136 e. The molecule has 1 N–H and O–H groups in total. The lowest BCUT2D eigenvalue weighted by Gasteiger charge is -2.37. The third-order valence-corrected chi connectivity index (χ3v) is 3.31. The summed E-state index contributed by atoms with van der Waals surface area (Å²) in [5, 5.41) is 10.0. The monoisotopic (exact) mass is 242 g/mol. The van der Waals surface area contributed by atoms with Gasteiger partial charge in [0.2, 0.25) is 0 Å². The SMILES string of the molecule is Cc1c(Br)cccc1C1(O)COC1. The van der Waals surface area contributed by atoms with Crippen LogP contribution in [0.3, 0.4) is 0 Å². The van der Waals surface area contributed by atoms with Crippen molar-refractivity contribution in [2.75, 3.05) is 13.2 Å². The Balaban J connectivity index is 2.45. The molecule has 13 heavy (non-hydrogen) atoms. The summed E-state index contributed by atoms with van der Waals surface area (Å²) in [6, 6.07) is 5.85. The Morgan fingerprint density at radius 3 is 2.69 bits per heavy atom. The normalized spacial score (nSPS) is 19.6. The molecular formula is C10H11BrO2. The Kier molecular flexibility index (Phi) is 2.18. The molecule has 0 atom stereocenters. The third-order valence-electron chi connectivity index (χ3n) is 2.45. The van der Waals surface area contributed by atoms with Gasteiger partial charge in [-0.15, -0.1) is 0 Å². The second kappa shape index (κ2) is 3.08. The quantitative estimate of drug-likeness (QED) is 0.817. The van der Waals surface area contributed by atoms with Crippen molar-refractivity contribution < 1.29 is 9.84 Å². The van der Waals surface area contributed by atoms with E-state index < -0.39 is 5.60 Å². The van der Waals surface area contributed by atoms with Gasteiger partial charge in [0.05, 0.1) is 13.2 Å². The summed E-state index contributed by atoms with van der Waals surface area (Å²) < 4.78 is 6.05. The molecule has 1 saturated heterocycles. The molecule has 0 amide bonds. The summed E-state index contributed by atoms with van der Waals surface area (Å²) in [5.41, 5.74) is 1.30. The molecule has 0 bridgehead atoms. The van der Waals surface area contributed by atoms with Crippen LogP contribution in [0.5, 0.6) is 0 Å². The van der Waals surface area contributed by atoms with Crippen molar-refractivity contribution in [2.24, 2.45) is 0 Å².